The quantitative estimate of drug-likeness (QED) is 0.490. The van der Waals surface area contributed by atoms with Gasteiger partial charge in [0.2, 0.25) is 0 Å². The number of halogens is 2. The number of anilines is 1. The summed E-state index contributed by atoms with van der Waals surface area (Å²) in [7, 11) is 0. The fraction of sp³-hybridized carbons (Fsp3) is 0.118. The van der Waals surface area contributed by atoms with Crippen LogP contribution < -0.4 is 11.1 Å². The summed E-state index contributed by atoms with van der Waals surface area (Å²) in [4.78, 5) is 11.9. The fourth-order valence-corrected chi connectivity index (χ4v) is 4.17. The Hall–Kier alpha value is -1.99. The van der Waals surface area contributed by atoms with E-state index in [4.69, 9.17) is 28.9 Å². The number of thiophene rings is 1. The third-order valence-electron chi connectivity index (χ3n) is 3.76. The van der Waals surface area contributed by atoms with Crippen LogP contribution in [-0.4, -0.2) is 16.1 Å². The highest BCUT2D eigenvalue weighted by atomic mass is 35.5. The Morgan fingerprint density at radius 1 is 1.28 bits per heavy atom. The molecular formula is C17H14Cl2N2O3S. The zero-order valence-corrected chi connectivity index (χ0v) is 15.3. The van der Waals surface area contributed by atoms with Crippen molar-refractivity contribution in [2.24, 2.45) is 5.73 Å². The minimum Gasteiger partial charge on any atom is -0.505 e. The lowest BCUT2D eigenvalue weighted by atomic mass is 10.1. The second-order valence-electron chi connectivity index (χ2n) is 5.53. The molecule has 0 aliphatic carbocycles. The van der Waals surface area contributed by atoms with Crippen LogP contribution in [0, 0.1) is 6.92 Å². The van der Waals surface area contributed by atoms with Gasteiger partial charge in [-0.2, -0.15) is 0 Å². The van der Waals surface area contributed by atoms with Gasteiger partial charge in [0.1, 0.15) is 10.0 Å². The van der Waals surface area contributed by atoms with Crippen LogP contribution in [-0.2, 0) is 0 Å². The largest absolute Gasteiger partial charge is 0.505 e. The van der Waals surface area contributed by atoms with E-state index in [0.29, 0.717) is 20.7 Å². The number of amides is 1. The van der Waals surface area contributed by atoms with E-state index < -0.39 is 12.1 Å². The molecule has 0 bridgehead atoms. The van der Waals surface area contributed by atoms with E-state index in [1.54, 1.807) is 12.1 Å². The minimum absolute atomic E-state index is 0.0171. The molecule has 8 heteroatoms. The van der Waals surface area contributed by atoms with Gasteiger partial charge in [0, 0.05) is 10.9 Å². The number of fused-ring (bicyclic) bond motifs is 1. The second-order valence-corrected chi connectivity index (χ2v) is 7.33. The van der Waals surface area contributed by atoms with Crippen molar-refractivity contribution in [3.8, 4) is 5.75 Å². The highest BCUT2D eigenvalue weighted by Crippen LogP contribution is 2.46. The molecule has 5 nitrogen and oxygen atoms in total. The van der Waals surface area contributed by atoms with Gasteiger partial charge in [-0.1, -0.05) is 53.0 Å². The van der Waals surface area contributed by atoms with Crippen molar-refractivity contribution < 1.29 is 15.0 Å². The lowest BCUT2D eigenvalue weighted by Crippen LogP contribution is -2.15. The topological polar surface area (TPSA) is 95.6 Å². The summed E-state index contributed by atoms with van der Waals surface area (Å²) in [5, 5.41) is 24.0. The lowest BCUT2D eigenvalue weighted by Gasteiger charge is -2.14. The van der Waals surface area contributed by atoms with Gasteiger partial charge in [0.15, 0.2) is 12.0 Å². The van der Waals surface area contributed by atoms with Crippen LogP contribution in [0.2, 0.25) is 10.0 Å². The molecule has 1 atom stereocenters. The molecule has 25 heavy (non-hydrogen) atoms. The number of rotatable bonds is 4. The number of carbonyl (C=O) groups is 1. The number of aromatic hydroxyl groups is 1. The SMILES string of the molecule is Cc1ccc(C(O)Nc2sc3c(Cl)c(O)c(Cl)cc3c2C(N)=O)cc1. The van der Waals surface area contributed by atoms with Gasteiger partial charge in [-0.05, 0) is 13.0 Å². The summed E-state index contributed by atoms with van der Waals surface area (Å²) in [6.45, 7) is 1.94. The number of nitrogens with two attached hydrogens (primary N) is 1. The maximum absolute atomic E-state index is 11.9. The number of aliphatic hydroxyl groups excluding tert-OH is 1. The Morgan fingerprint density at radius 2 is 1.92 bits per heavy atom. The number of phenols is 1. The van der Waals surface area contributed by atoms with E-state index >= 15 is 0 Å². The molecule has 2 aromatic carbocycles. The van der Waals surface area contributed by atoms with Gasteiger partial charge < -0.3 is 21.3 Å². The predicted octanol–water partition coefficient (Wildman–Crippen LogP) is 4.42. The Labute approximate surface area is 157 Å². The molecule has 1 unspecified atom stereocenters. The second kappa shape index (κ2) is 6.72. The van der Waals surface area contributed by atoms with Gasteiger partial charge in [0.05, 0.1) is 15.3 Å². The fourth-order valence-electron chi connectivity index (χ4n) is 2.45. The number of aliphatic hydroxyl groups is 1. The van der Waals surface area contributed by atoms with Crippen molar-refractivity contribution in [2.45, 2.75) is 13.2 Å². The molecule has 0 saturated heterocycles. The van der Waals surface area contributed by atoms with Crippen molar-refractivity contribution >= 4 is 55.5 Å². The van der Waals surface area contributed by atoms with Gasteiger partial charge in [0.25, 0.3) is 5.91 Å². The van der Waals surface area contributed by atoms with Crippen molar-refractivity contribution in [1.82, 2.24) is 0 Å². The molecule has 1 amide bonds. The average molecular weight is 397 g/mol. The number of phenolic OH excluding ortho intramolecular Hbond substituents is 1. The summed E-state index contributed by atoms with van der Waals surface area (Å²) >= 11 is 13.2. The molecule has 0 saturated carbocycles. The van der Waals surface area contributed by atoms with E-state index in [1.165, 1.54) is 6.07 Å². The monoisotopic (exact) mass is 396 g/mol. The molecule has 0 radical (unpaired) electrons. The normalized spacial score (nSPS) is 12.3. The van der Waals surface area contributed by atoms with E-state index in [0.717, 1.165) is 16.9 Å². The van der Waals surface area contributed by atoms with Gasteiger partial charge in [-0.25, -0.2) is 0 Å². The van der Waals surface area contributed by atoms with E-state index in [2.05, 4.69) is 5.32 Å². The number of nitrogens with one attached hydrogen (secondary N) is 1. The Morgan fingerprint density at radius 3 is 2.52 bits per heavy atom. The first-order valence-corrected chi connectivity index (χ1v) is 8.81. The van der Waals surface area contributed by atoms with E-state index in [1.807, 2.05) is 19.1 Å². The average Bonchev–Trinajstić information content (AvgIpc) is 2.91. The standard InChI is InChI=1S/C17H14Cl2N2O3S/c1-7-2-4-8(5-3-7)16(24)21-17-11(15(20)23)9-6-10(18)13(22)12(19)14(9)25-17/h2-6,16,21-22,24H,1H3,(H2,20,23). The maximum Gasteiger partial charge on any atom is 0.252 e. The number of hydrogen-bond donors (Lipinski definition) is 4. The van der Waals surface area contributed by atoms with Gasteiger partial charge in [-0.3, -0.25) is 4.79 Å². The van der Waals surface area contributed by atoms with Gasteiger partial charge >= 0.3 is 0 Å². The molecule has 0 aliphatic rings. The summed E-state index contributed by atoms with van der Waals surface area (Å²) in [5.41, 5.74) is 7.35. The van der Waals surface area contributed by atoms with Crippen molar-refractivity contribution in [3.63, 3.8) is 0 Å². The first-order valence-electron chi connectivity index (χ1n) is 7.24. The molecule has 0 fully saturated rings. The van der Waals surface area contributed by atoms with Crippen LogP contribution in [0.15, 0.2) is 30.3 Å². The Bertz CT molecular complexity index is 970. The highest BCUT2D eigenvalue weighted by Gasteiger charge is 2.23. The van der Waals surface area contributed by atoms with Crippen LogP contribution in [0.1, 0.15) is 27.7 Å². The molecule has 130 valence electrons. The zero-order valence-electron chi connectivity index (χ0n) is 13.0. The molecule has 3 rings (SSSR count). The molecular weight excluding hydrogens is 383 g/mol. The summed E-state index contributed by atoms with van der Waals surface area (Å²) < 4.78 is 0.455. The maximum atomic E-state index is 11.9. The highest BCUT2D eigenvalue weighted by molar-refractivity contribution is 7.24. The molecule has 5 N–H and O–H groups in total. The Kier molecular flexibility index (Phi) is 4.79. The first-order chi connectivity index (χ1) is 11.8. The summed E-state index contributed by atoms with van der Waals surface area (Å²) in [5.74, 6) is -0.957. The molecule has 0 aliphatic heterocycles. The first kappa shape index (κ1) is 17.8. The molecule has 3 aromatic rings. The predicted molar refractivity (Wildman–Crippen MR) is 102 cm³/mol. The van der Waals surface area contributed by atoms with E-state index in [9.17, 15) is 15.0 Å². The zero-order chi connectivity index (χ0) is 18.3. The van der Waals surface area contributed by atoms with Crippen molar-refractivity contribution in [1.29, 1.82) is 0 Å². The van der Waals surface area contributed by atoms with Crippen LogP contribution >= 0.6 is 34.5 Å². The van der Waals surface area contributed by atoms with Crippen LogP contribution in [0.4, 0.5) is 5.00 Å². The number of hydrogen-bond acceptors (Lipinski definition) is 5. The van der Waals surface area contributed by atoms with Crippen molar-refractivity contribution in [2.75, 3.05) is 5.32 Å². The van der Waals surface area contributed by atoms with Crippen LogP contribution in [0.25, 0.3) is 10.1 Å². The van der Waals surface area contributed by atoms with E-state index in [-0.39, 0.29) is 21.4 Å². The number of carbonyl (C=O) groups excluding carboxylic acids is 1. The van der Waals surface area contributed by atoms with Gasteiger partial charge in [-0.15, -0.1) is 11.3 Å². The van der Waals surface area contributed by atoms with Crippen LogP contribution in [0.5, 0.6) is 5.75 Å². The number of aryl methyl sites for hydroxylation is 1. The molecule has 0 spiro atoms. The van der Waals surface area contributed by atoms with Crippen LogP contribution in [0.3, 0.4) is 0 Å². The summed E-state index contributed by atoms with van der Waals surface area (Å²) in [6, 6.07) is 8.72. The number of primary amides is 1. The lowest BCUT2D eigenvalue weighted by molar-refractivity contribution is 0.100. The molecule has 1 aromatic heterocycles. The van der Waals surface area contributed by atoms with Crippen molar-refractivity contribution in [3.05, 3.63) is 57.1 Å². The molecule has 1 heterocycles. The minimum atomic E-state index is -1.05. The smallest absolute Gasteiger partial charge is 0.252 e. The summed E-state index contributed by atoms with van der Waals surface area (Å²) in [6.07, 6.45) is -1.05. The third-order valence-corrected chi connectivity index (χ3v) is 5.68. The third kappa shape index (κ3) is 3.26. The number of benzene rings is 2. The Balaban J connectivity index is 2.09.